The molecular formula is C19H24N6O3. The first kappa shape index (κ1) is 18.4. The normalized spacial score (nSPS) is 18.2. The molecule has 2 aromatic rings. The predicted octanol–water partition coefficient (Wildman–Crippen LogP) is 2.36. The fraction of sp³-hybridized carbons (Fsp3) is 0.526. The number of carbonyl (C=O) groups is 2. The molecule has 0 atom stereocenters. The van der Waals surface area contributed by atoms with Gasteiger partial charge < -0.3 is 15.0 Å². The maximum atomic E-state index is 12.6. The first-order chi connectivity index (χ1) is 13.7. The number of nitrogens with zero attached hydrogens (tertiary/aromatic N) is 4. The molecule has 1 saturated heterocycles. The monoisotopic (exact) mass is 384 g/mol. The number of aromatic amines is 1. The molecule has 2 amide bonds. The van der Waals surface area contributed by atoms with Crippen LogP contribution in [-0.2, 0) is 9.59 Å². The third kappa shape index (κ3) is 4.29. The topological polar surface area (TPSA) is 113 Å². The van der Waals surface area contributed by atoms with E-state index < -0.39 is 0 Å². The van der Waals surface area contributed by atoms with Gasteiger partial charge >= 0.3 is 6.01 Å². The summed E-state index contributed by atoms with van der Waals surface area (Å²) < 4.78 is 5.40. The smallest absolute Gasteiger partial charge is 0.361 e. The first-order valence-corrected chi connectivity index (χ1v) is 9.80. The Kier molecular flexibility index (Phi) is 5.50. The van der Waals surface area contributed by atoms with Gasteiger partial charge in [0.25, 0.3) is 0 Å². The number of rotatable bonds is 5. The highest BCUT2D eigenvalue weighted by atomic mass is 16.5. The number of nitrogens with one attached hydrogen (secondary N) is 2. The van der Waals surface area contributed by atoms with Crippen molar-refractivity contribution in [3.8, 4) is 11.8 Å². The molecule has 28 heavy (non-hydrogen) atoms. The van der Waals surface area contributed by atoms with Crippen molar-refractivity contribution in [1.82, 2.24) is 25.5 Å². The van der Waals surface area contributed by atoms with Crippen molar-refractivity contribution < 1.29 is 14.3 Å². The largest absolute Gasteiger partial charge is 0.422 e. The van der Waals surface area contributed by atoms with Crippen LogP contribution in [0.4, 0.5) is 5.69 Å². The van der Waals surface area contributed by atoms with Gasteiger partial charge in [-0.1, -0.05) is 23.0 Å². The lowest BCUT2D eigenvalue weighted by Gasteiger charge is -2.33. The van der Waals surface area contributed by atoms with E-state index in [4.69, 9.17) is 4.74 Å². The number of carbonyl (C=O) groups excluding carboxylic acids is 2. The lowest BCUT2D eigenvalue weighted by Crippen LogP contribution is -2.43. The van der Waals surface area contributed by atoms with Gasteiger partial charge in [-0.05, 0) is 55.2 Å². The number of anilines is 1. The fourth-order valence-electron chi connectivity index (χ4n) is 3.94. The summed E-state index contributed by atoms with van der Waals surface area (Å²) in [5.41, 5.74) is 0.704. The Balaban J connectivity index is 1.25. The van der Waals surface area contributed by atoms with Gasteiger partial charge in [0.1, 0.15) is 5.75 Å². The highest BCUT2D eigenvalue weighted by molar-refractivity contribution is 5.92. The number of likely N-dealkylation sites (tertiary alicyclic amines) is 1. The van der Waals surface area contributed by atoms with Crippen LogP contribution < -0.4 is 10.1 Å². The van der Waals surface area contributed by atoms with Crippen molar-refractivity contribution in [2.45, 2.75) is 38.5 Å². The summed E-state index contributed by atoms with van der Waals surface area (Å²) in [6, 6.07) is 7.14. The Morgan fingerprint density at radius 3 is 2.39 bits per heavy atom. The molecule has 1 saturated carbocycles. The molecule has 0 spiro atoms. The standard InChI is InChI=1S/C19H24N6O3/c26-17(13-9-11-25(12-10-13)18(27)14-3-1-2-4-14)20-15-5-7-16(8-6-15)28-19-21-23-24-22-19/h5-8,13-14H,1-4,9-12H2,(H,20,26)(H,21,22,23,24). The van der Waals surface area contributed by atoms with Gasteiger partial charge in [0.2, 0.25) is 11.8 Å². The van der Waals surface area contributed by atoms with E-state index in [1.54, 1.807) is 24.3 Å². The predicted molar refractivity (Wildman–Crippen MR) is 101 cm³/mol. The van der Waals surface area contributed by atoms with E-state index in [0.29, 0.717) is 37.4 Å². The molecule has 0 radical (unpaired) electrons. The number of piperidine rings is 1. The molecule has 148 valence electrons. The van der Waals surface area contributed by atoms with Crippen molar-refractivity contribution in [3.05, 3.63) is 24.3 Å². The van der Waals surface area contributed by atoms with E-state index in [0.717, 1.165) is 25.7 Å². The van der Waals surface area contributed by atoms with Gasteiger partial charge in [-0.2, -0.15) is 5.21 Å². The molecule has 1 aromatic heterocycles. The molecule has 2 N–H and O–H groups in total. The van der Waals surface area contributed by atoms with E-state index in [-0.39, 0.29) is 29.7 Å². The molecule has 0 unspecified atom stereocenters. The SMILES string of the molecule is O=C(Nc1ccc(Oc2nn[nH]n2)cc1)C1CCN(C(=O)C2CCCC2)CC1. The summed E-state index contributed by atoms with van der Waals surface area (Å²) in [4.78, 5) is 27.0. The van der Waals surface area contributed by atoms with Gasteiger partial charge in [0.05, 0.1) is 0 Å². The maximum Gasteiger partial charge on any atom is 0.361 e. The lowest BCUT2D eigenvalue weighted by molar-refractivity contribution is -0.138. The Bertz CT molecular complexity index is 794. The van der Waals surface area contributed by atoms with Crippen molar-refractivity contribution in [2.24, 2.45) is 11.8 Å². The zero-order valence-corrected chi connectivity index (χ0v) is 15.6. The van der Waals surface area contributed by atoms with E-state index in [1.807, 2.05) is 4.90 Å². The minimum Gasteiger partial charge on any atom is -0.422 e. The Morgan fingerprint density at radius 2 is 1.75 bits per heavy atom. The van der Waals surface area contributed by atoms with E-state index in [1.165, 1.54) is 0 Å². The Hall–Kier alpha value is -2.97. The van der Waals surface area contributed by atoms with Crippen LogP contribution in [0.15, 0.2) is 24.3 Å². The maximum absolute atomic E-state index is 12.6. The lowest BCUT2D eigenvalue weighted by atomic mass is 9.94. The summed E-state index contributed by atoms with van der Waals surface area (Å²) in [6.45, 7) is 1.34. The number of amides is 2. The van der Waals surface area contributed by atoms with Crippen LogP contribution in [0.1, 0.15) is 38.5 Å². The highest BCUT2D eigenvalue weighted by Crippen LogP contribution is 2.29. The summed E-state index contributed by atoms with van der Waals surface area (Å²) in [7, 11) is 0. The van der Waals surface area contributed by atoms with E-state index in [2.05, 4.69) is 25.9 Å². The summed E-state index contributed by atoms with van der Waals surface area (Å²) >= 11 is 0. The Labute approximate surface area is 162 Å². The van der Waals surface area contributed by atoms with Crippen LogP contribution in [0.5, 0.6) is 11.8 Å². The van der Waals surface area contributed by atoms with E-state index >= 15 is 0 Å². The van der Waals surface area contributed by atoms with Crippen LogP contribution in [0.3, 0.4) is 0 Å². The second-order valence-corrected chi connectivity index (χ2v) is 7.39. The number of benzene rings is 1. The van der Waals surface area contributed by atoms with Gasteiger partial charge in [-0.15, -0.1) is 0 Å². The van der Waals surface area contributed by atoms with Gasteiger partial charge in [0, 0.05) is 30.6 Å². The van der Waals surface area contributed by atoms with Crippen molar-refractivity contribution in [1.29, 1.82) is 0 Å². The van der Waals surface area contributed by atoms with Crippen LogP contribution in [0.2, 0.25) is 0 Å². The number of tetrazole rings is 1. The molecule has 2 aliphatic rings. The molecule has 9 nitrogen and oxygen atoms in total. The fourth-order valence-corrected chi connectivity index (χ4v) is 3.94. The van der Waals surface area contributed by atoms with Crippen molar-refractivity contribution in [2.75, 3.05) is 18.4 Å². The van der Waals surface area contributed by atoms with Gasteiger partial charge in [0.15, 0.2) is 0 Å². The molecule has 4 rings (SSSR count). The second-order valence-electron chi connectivity index (χ2n) is 7.39. The molecule has 2 fully saturated rings. The molecule has 0 bridgehead atoms. The van der Waals surface area contributed by atoms with Gasteiger partial charge in [-0.3, -0.25) is 9.59 Å². The quantitative estimate of drug-likeness (QED) is 0.818. The average Bonchev–Trinajstić information content (AvgIpc) is 3.43. The minimum absolute atomic E-state index is 0.000184. The molecule has 9 heteroatoms. The van der Waals surface area contributed by atoms with Crippen LogP contribution >= 0.6 is 0 Å². The summed E-state index contributed by atoms with van der Waals surface area (Å²) in [5.74, 6) is 0.980. The zero-order chi connectivity index (χ0) is 19.3. The summed E-state index contributed by atoms with van der Waals surface area (Å²) in [5, 5.41) is 16.1. The molecular weight excluding hydrogens is 360 g/mol. The molecule has 1 aliphatic carbocycles. The highest BCUT2D eigenvalue weighted by Gasteiger charge is 2.31. The molecule has 1 aliphatic heterocycles. The summed E-state index contributed by atoms with van der Waals surface area (Å²) in [6.07, 6.45) is 5.78. The number of hydrogen-bond acceptors (Lipinski definition) is 6. The number of H-pyrrole nitrogens is 1. The third-order valence-electron chi connectivity index (χ3n) is 5.54. The number of ether oxygens (including phenoxy) is 1. The molecule has 2 heterocycles. The average molecular weight is 384 g/mol. The van der Waals surface area contributed by atoms with Crippen LogP contribution in [-0.4, -0.2) is 50.4 Å². The van der Waals surface area contributed by atoms with Crippen molar-refractivity contribution >= 4 is 17.5 Å². The van der Waals surface area contributed by atoms with Gasteiger partial charge in [-0.25, -0.2) is 0 Å². The third-order valence-corrected chi connectivity index (χ3v) is 5.54. The number of hydrogen-bond donors (Lipinski definition) is 2. The van der Waals surface area contributed by atoms with Crippen LogP contribution in [0.25, 0.3) is 0 Å². The first-order valence-electron chi connectivity index (χ1n) is 9.80. The number of aromatic nitrogens is 4. The molecule has 1 aromatic carbocycles. The second kappa shape index (κ2) is 8.37. The van der Waals surface area contributed by atoms with E-state index in [9.17, 15) is 9.59 Å². The van der Waals surface area contributed by atoms with Crippen LogP contribution in [0, 0.1) is 11.8 Å². The Morgan fingerprint density at radius 1 is 1.04 bits per heavy atom. The zero-order valence-electron chi connectivity index (χ0n) is 15.6. The van der Waals surface area contributed by atoms with Crippen molar-refractivity contribution in [3.63, 3.8) is 0 Å². The minimum atomic E-state index is -0.0668.